The number of nitrogens with zero attached hydrogens (tertiary/aromatic N) is 4. The highest BCUT2D eigenvalue weighted by Gasteiger charge is 2.43. The molecule has 2 unspecified atom stereocenters. The molecule has 0 bridgehead atoms. The van der Waals surface area contributed by atoms with Gasteiger partial charge in [0.2, 0.25) is 0 Å². The number of hydrogen-bond acceptors (Lipinski definition) is 6. The third kappa shape index (κ3) is 3.83. The van der Waals surface area contributed by atoms with Crippen LogP contribution in [-0.2, 0) is 30.9 Å². The topological polar surface area (TPSA) is 87.8 Å². The van der Waals surface area contributed by atoms with Crippen LogP contribution in [0, 0.1) is 6.92 Å². The number of aliphatic hydroxyl groups excluding tert-OH is 1. The predicted octanol–water partition coefficient (Wildman–Crippen LogP) is 1.13. The second kappa shape index (κ2) is 8.77. The number of aryl methyl sites for hydroxylation is 1. The lowest BCUT2D eigenvalue weighted by Crippen LogP contribution is -2.47. The van der Waals surface area contributed by atoms with Crippen LogP contribution < -0.4 is 21.0 Å². The van der Waals surface area contributed by atoms with Crippen molar-refractivity contribution in [1.29, 1.82) is 0 Å². The van der Waals surface area contributed by atoms with Crippen molar-refractivity contribution in [2.45, 2.75) is 51.0 Å². The summed E-state index contributed by atoms with van der Waals surface area (Å²) in [6.45, 7) is 6.20. The first kappa shape index (κ1) is 22.3. The van der Waals surface area contributed by atoms with Crippen molar-refractivity contribution in [1.82, 2.24) is 9.13 Å². The predicted molar refractivity (Wildman–Crippen MR) is 120 cm³/mol. The van der Waals surface area contributed by atoms with E-state index in [1.807, 2.05) is 49.9 Å². The smallest absolute Gasteiger partial charge is 0.332 e. The van der Waals surface area contributed by atoms with Crippen LogP contribution in [0.2, 0.25) is 0 Å². The summed E-state index contributed by atoms with van der Waals surface area (Å²) in [5, 5.41) is 9.05. The fourth-order valence-electron chi connectivity index (χ4n) is 3.82. The van der Waals surface area contributed by atoms with Gasteiger partial charge in [-0.3, -0.25) is 18.1 Å². The van der Waals surface area contributed by atoms with E-state index in [0.29, 0.717) is 24.5 Å². The van der Waals surface area contributed by atoms with Crippen molar-refractivity contribution in [2.75, 3.05) is 23.5 Å². The van der Waals surface area contributed by atoms with E-state index in [1.165, 1.54) is 4.57 Å². The molecule has 1 aliphatic heterocycles. The molecule has 2 aromatic rings. The molecule has 3 rings (SSSR count). The molecular formula is C21H30N4O4S. The molecule has 1 N–H and O–H groups in total. The molecular weight excluding hydrogens is 404 g/mol. The average molecular weight is 435 g/mol. The number of hydrogen-bond donors (Lipinski definition) is 1. The third-order valence-corrected chi connectivity index (χ3v) is 7.32. The van der Waals surface area contributed by atoms with Gasteiger partial charge in [-0.25, -0.2) is 4.79 Å². The second-order valence-electron chi connectivity index (χ2n) is 7.98. The highest BCUT2D eigenvalue weighted by atomic mass is 32.2. The zero-order valence-corrected chi connectivity index (χ0v) is 19.0. The molecule has 0 amide bonds. The molecule has 0 radical (unpaired) electrons. The van der Waals surface area contributed by atoms with Gasteiger partial charge >= 0.3 is 5.69 Å². The van der Waals surface area contributed by atoms with Gasteiger partial charge in [-0.1, -0.05) is 43.7 Å². The number of aromatic nitrogens is 2. The highest BCUT2D eigenvalue weighted by molar-refractivity contribution is 7.86. The van der Waals surface area contributed by atoms with Crippen molar-refractivity contribution in [3.8, 4) is 0 Å². The minimum Gasteiger partial charge on any atom is -0.396 e. The summed E-state index contributed by atoms with van der Waals surface area (Å²) in [5.41, 5.74) is 1.08. The maximum Gasteiger partial charge on any atom is 0.332 e. The van der Waals surface area contributed by atoms with Gasteiger partial charge in [-0.05, 0) is 18.9 Å². The lowest BCUT2D eigenvalue weighted by molar-refractivity contribution is 0.277. The Kier molecular flexibility index (Phi) is 6.52. The molecule has 30 heavy (non-hydrogen) atoms. The second-order valence-corrected chi connectivity index (χ2v) is 10.00. The van der Waals surface area contributed by atoms with Crippen LogP contribution in [0.4, 0.5) is 11.5 Å². The summed E-state index contributed by atoms with van der Waals surface area (Å²) in [6.07, 6.45) is 0.309. The number of rotatable bonds is 7. The lowest BCUT2D eigenvalue weighted by Gasteiger charge is -2.31. The van der Waals surface area contributed by atoms with Crippen LogP contribution in [0.25, 0.3) is 0 Å². The van der Waals surface area contributed by atoms with Crippen LogP contribution in [0.5, 0.6) is 0 Å². The fraction of sp³-hybridized carbons (Fsp3) is 0.524. The molecule has 1 aromatic carbocycles. The molecule has 164 valence electrons. The zero-order chi connectivity index (χ0) is 22.2. The molecule has 0 fully saturated rings. The van der Waals surface area contributed by atoms with Crippen LogP contribution in [-0.4, -0.2) is 42.9 Å². The van der Waals surface area contributed by atoms with Crippen molar-refractivity contribution < 1.29 is 9.32 Å². The van der Waals surface area contributed by atoms with Crippen LogP contribution in [0.1, 0.15) is 31.4 Å². The molecule has 1 aromatic heterocycles. The first-order valence-electron chi connectivity index (χ1n) is 10.1. The van der Waals surface area contributed by atoms with E-state index < -0.39 is 27.5 Å². The minimum atomic E-state index is -1.30. The van der Waals surface area contributed by atoms with Gasteiger partial charge in [-0.2, -0.15) is 0 Å². The van der Waals surface area contributed by atoms with Gasteiger partial charge < -0.3 is 14.9 Å². The van der Waals surface area contributed by atoms with Gasteiger partial charge in [0.05, 0.1) is 10.8 Å². The summed E-state index contributed by atoms with van der Waals surface area (Å²) in [5.74, 6) is 0.469. The van der Waals surface area contributed by atoms with Crippen molar-refractivity contribution in [3.05, 3.63) is 56.2 Å². The fourth-order valence-corrected chi connectivity index (χ4v) is 5.15. The third-order valence-electron chi connectivity index (χ3n) is 5.40. The number of aliphatic hydroxyl groups is 1. The molecule has 0 aliphatic carbocycles. The molecule has 2 atom stereocenters. The molecule has 9 heteroatoms. The van der Waals surface area contributed by atoms with Gasteiger partial charge in [0, 0.05) is 39.0 Å². The van der Waals surface area contributed by atoms with Gasteiger partial charge in [0.25, 0.3) is 5.56 Å². The molecule has 0 saturated carbocycles. The van der Waals surface area contributed by atoms with Crippen molar-refractivity contribution >= 4 is 22.3 Å². The minimum absolute atomic E-state index is 0.111. The number of anilines is 2. The van der Waals surface area contributed by atoms with E-state index in [-0.39, 0.29) is 18.4 Å². The van der Waals surface area contributed by atoms with E-state index in [9.17, 15) is 18.9 Å². The Morgan fingerprint density at radius 2 is 1.77 bits per heavy atom. The Labute approximate surface area is 178 Å². The number of fused-ring (bicyclic) bond motifs is 1. The van der Waals surface area contributed by atoms with Gasteiger partial charge in [0.15, 0.2) is 5.50 Å². The molecule has 2 heterocycles. The first-order valence-corrected chi connectivity index (χ1v) is 11.4. The molecule has 0 spiro atoms. The summed E-state index contributed by atoms with van der Waals surface area (Å²) in [7, 11) is 2.10. The summed E-state index contributed by atoms with van der Waals surface area (Å²) >= 11 is 0. The lowest BCUT2D eigenvalue weighted by atomic mass is 10.1. The first-order chi connectivity index (χ1) is 14.2. The Morgan fingerprint density at radius 3 is 2.33 bits per heavy atom. The standard InChI is InChI=1S/C21H30N4O4S/c1-14(2)30(29)21-23(5)18-17(25(21)13-16-9-7-15(3)8-10-16)19(27)24(11-6-12-26)20(28)22(18)4/h7-10,14,21,26H,6,11-13H2,1-5H3. The Hall–Kier alpha value is -2.39. The maximum atomic E-state index is 13.4. The molecule has 8 nitrogen and oxygen atoms in total. The van der Waals surface area contributed by atoms with E-state index in [2.05, 4.69) is 0 Å². The molecule has 0 saturated heterocycles. The summed E-state index contributed by atoms with van der Waals surface area (Å²) in [6, 6.07) is 8.00. The van der Waals surface area contributed by atoms with E-state index >= 15 is 0 Å². The monoisotopic (exact) mass is 434 g/mol. The van der Waals surface area contributed by atoms with E-state index in [0.717, 1.165) is 15.7 Å². The highest BCUT2D eigenvalue weighted by Crippen LogP contribution is 2.37. The average Bonchev–Trinajstić information content (AvgIpc) is 2.99. The normalized spacial score (nSPS) is 17.0. The van der Waals surface area contributed by atoms with Crippen molar-refractivity contribution in [3.63, 3.8) is 0 Å². The quantitative estimate of drug-likeness (QED) is 0.703. The maximum absolute atomic E-state index is 13.4. The Bertz CT molecular complexity index is 1060. The van der Waals surface area contributed by atoms with Crippen molar-refractivity contribution in [2.24, 2.45) is 7.05 Å². The van der Waals surface area contributed by atoms with E-state index in [4.69, 9.17) is 0 Å². The Morgan fingerprint density at radius 1 is 1.13 bits per heavy atom. The summed E-state index contributed by atoms with van der Waals surface area (Å²) in [4.78, 5) is 29.8. The van der Waals surface area contributed by atoms with Gasteiger partial charge in [0.1, 0.15) is 11.5 Å². The summed E-state index contributed by atoms with van der Waals surface area (Å²) < 4.78 is 15.8. The zero-order valence-electron chi connectivity index (χ0n) is 18.2. The Balaban J connectivity index is 2.20. The molecule has 1 aliphatic rings. The largest absolute Gasteiger partial charge is 0.396 e. The van der Waals surface area contributed by atoms with Crippen LogP contribution >= 0.6 is 0 Å². The van der Waals surface area contributed by atoms with Crippen LogP contribution in [0.15, 0.2) is 33.9 Å². The SMILES string of the molecule is Cc1ccc(CN2c3c(n(C)c(=O)n(CCCO)c3=O)N(C)C2S(=O)C(C)C)cc1. The number of benzene rings is 1. The van der Waals surface area contributed by atoms with Gasteiger partial charge in [-0.15, -0.1) is 0 Å². The van der Waals surface area contributed by atoms with Crippen LogP contribution in [0.3, 0.4) is 0 Å². The van der Waals surface area contributed by atoms with E-state index in [1.54, 1.807) is 19.0 Å².